The Labute approximate surface area is 228 Å². The first kappa shape index (κ1) is 29.0. The summed E-state index contributed by atoms with van der Waals surface area (Å²) in [6.45, 7) is 0.766. The van der Waals surface area contributed by atoms with Crippen molar-refractivity contribution in [1.29, 1.82) is 0 Å². The lowest BCUT2D eigenvalue weighted by Gasteiger charge is -2.10. The number of aromatic nitrogens is 7. The number of carbonyl (C=O) groups is 2. The van der Waals surface area contributed by atoms with Gasteiger partial charge in [-0.2, -0.15) is 0 Å². The molecule has 0 spiro atoms. The highest BCUT2D eigenvalue weighted by atomic mass is 19.4. The van der Waals surface area contributed by atoms with E-state index in [2.05, 4.69) is 41.0 Å². The number of halogens is 5. The number of ether oxygens (including phenoxy) is 1. The monoisotopic (exact) mass is 579 g/mol. The summed E-state index contributed by atoms with van der Waals surface area (Å²) in [4.78, 5) is 28.3. The van der Waals surface area contributed by atoms with Gasteiger partial charge in [-0.05, 0) is 43.2 Å². The highest BCUT2D eigenvalue weighted by Gasteiger charge is 2.31. The Balaban J connectivity index is 1.18. The molecule has 0 atom stereocenters. The standard InChI is InChI=1S/C24H22F5N9O3/c25-17-6-5-16(41-24(27,28)29)10-15(17)11-22(39)32-21-14-38(36-34-21)9-2-1-8-37-13-20(33-35-37)23(40)31-12-19-18(26)4-3-7-30-19/h3-7,10,13-14H,1-2,8-9,11-12H2,(H,31,40)(H,32,39). The first-order valence-electron chi connectivity index (χ1n) is 12.1. The lowest BCUT2D eigenvalue weighted by Crippen LogP contribution is -2.24. The fourth-order valence-electron chi connectivity index (χ4n) is 3.57. The van der Waals surface area contributed by atoms with E-state index in [1.165, 1.54) is 40.1 Å². The Bertz CT molecular complexity index is 1510. The van der Waals surface area contributed by atoms with Gasteiger partial charge in [0.15, 0.2) is 11.5 Å². The lowest BCUT2D eigenvalue weighted by atomic mass is 10.1. The molecule has 3 heterocycles. The van der Waals surface area contributed by atoms with Gasteiger partial charge < -0.3 is 15.4 Å². The Hall–Kier alpha value is -4.96. The van der Waals surface area contributed by atoms with E-state index in [-0.39, 0.29) is 29.3 Å². The molecule has 216 valence electrons. The number of rotatable bonds is 12. The molecule has 3 aromatic heterocycles. The van der Waals surface area contributed by atoms with Crippen LogP contribution in [0.5, 0.6) is 5.75 Å². The van der Waals surface area contributed by atoms with E-state index in [4.69, 9.17) is 0 Å². The molecule has 4 rings (SSSR count). The molecule has 0 bridgehead atoms. The van der Waals surface area contributed by atoms with E-state index < -0.39 is 42.0 Å². The number of amides is 2. The molecule has 17 heteroatoms. The fraction of sp³-hybridized carbons (Fsp3) is 0.292. The predicted molar refractivity (Wildman–Crippen MR) is 130 cm³/mol. The number of nitrogens with zero attached hydrogens (tertiary/aromatic N) is 7. The van der Waals surface area contributed by atoms with Gasteiger partial charge in [0, 0.05) is 24.8 Å². The number of unbranched alkanes of at least 4 members (excludes halogenated alkanes) is 1. The van der Waals surface area contributed by atoms with Crippen molar-refractivity contribution in [3.05, 3.63) is 77.5 Å². The maximum absolute atomic E-state index is 14.0. The molecule has 12 nitrogen and oxygen atoms in total. The molecule has 0 aliphatic rings. The van der Waals surface area contributed by atoms with Crippen LogP contribution in [-0.4, -0.2) is 53.1 Å². The highest BCUT2D eigenvalue weighted by molar-refractivity contribution is 5.92. The number of pyridine rings is 1. The predicted octanol–water partition coefficient (Wildman–Crippen LogP) is 3.03. The van der Waals surface area contributed by atoms with Crippen molar-refractivity contribution in [1.82, 2.24) is 40.3 Å². The van der Waals surface area contributed by atoms with E-state index in [1.54, 1.807) is 0 Å². The summed E-state index contributed by atoms with van der Waals surface area (Å²) in [5.74, 6) is -3.19. The van der Waals surface area contributed by atoms with Crippen molar-refractivity contribution in [3.63, 3.8) is 0 Å². The van der Waals surface area contributed by atoms with Gasteiger partial charge >= 0.3 is 6.36 Å². The van der Waals surface area contributed by atoms with Crippen LogP contribution >= 0.6 is 0 Å². The van der Waals surface area contributed by atoms with Crippen LogP contribution in [-0.2, 0) is 30.8 Å². The number of aryl methyl sites for hydroxylation is 2. The Morgan fingerprint density at radius 2 is 1.68 bits per heavy atom. The molecule has 41 heavy (non-hydrogen) atoms. The SMILES string of the molecule is O=C(Cc1cc(OC(F)(F)F)ccc1F)Nc1cn(CCCCn2cc(C(=O)NCc3ncccc3F)nn2)nn1. The smallest absolute Gasteiger partial charge is 0.406 e. The van der Waals surface area contributed by atoms with Crippen molar-refractivity contribution in [2.24, 2.45) is 0 Å². The lowest BCUT2D eigenvalue weighted by molar-refractivity contribution is -0.274. The van der Waals surface area contributed by atoms with Crippen molar-refractivity contribution in [2.45, 2.75) is 45.3 Å². The van der Waals surface area contributed by atoms with E-state index in [0.717, 1.165) is 18.2 Å². The number of alkyl halides is 3. The summed E-state index contributed by atoms with van der Waals surface area (Å²) in [6.07, 6.45) is 0.0685. The van der Waals surface area contributed by atoms with Gasteiger partial charge in [0.25, 0.3) is 5.91 Å². The summed E-state index contributed by atoms with van der Waals surface area (Å²) in [5, 5.41) is 20.3. The molecule has 0 unspecified atom stereocenters. The van der Waals surface area contributed by atoms with Crippen LogP contribution in [0.3, 0.4) is 0 Å². The number of carbonyl (C=O) groups excluding carboxylic acids is 2. The molecular formula is C24H22F5N9O3. The summed E-state index contributed by atoms with van der Waals surface area (Å²) in [5.41, 5.74) is -0.118. The minimum absolute atomic E-state index is 0.0671. The summed E-state index contributed by atoms with van der Waals surface area (Å²) in [7, 11) is 0. The largest absolute Gasteiger partial charge is 0.573 e. The van der Waals surface area contributed by atoms with E-state index in [9.17, 15) is 31.5 Å². The maximum Gasteiger partial charge on any atom is 0.573 e. The second-order valence-electron chi connectivity index (χ2n) is 8.58. The highest BCUT2D eigenvalue weighted by Crippen LogP contribution is 2.25. The summed E-state index contributed by atoms with van der Waals surface area (Å²) in [6, 6.07) is 5.08. The topological polar surface area (TPSA) is 142 Å². The van der Waals surface area contributed by atoms with Crippen LogP contribution in [0.2, 0.25) is 0 Å². The van der Waals surface area contributed by atoms with Gasteiger partial charge in [-0.15, -0.1) is 23.4 Å². The van der Waals surface area contributed by atoms with Crippen molar-refractivity contribution in [3.8, 4) is 5.75 Å². The van der Waals surface area contributed by atoms with E-state index in [1.807, 2.05) is 0 Å². The third kappa shape index (κ3) is 8.77. The average Bonchev–Trinajstić information content (AvgIpc) is 3.57. The Kier molecular flexibility index (Phi) is 9.15. The van der Waals surface area contributed by atoms with Crippen molar-refractivity contribution < 1.29 is 36.3 Å². The number of nitrogens with one attached hydrogen (secondary N) is 2. The molecule has 1 aromatic carbocycles. The maximum atomic E-state index is 14.0. The second kappa shape index (κ2) is 12.9. The number of hydrogen-bond donors (Lipinski definition) is 2. The first-order chi connectivity index (χ1) is 19.6. The molecule has 0 radical (unpaired) electrons. The van der Waals surface area contributed by atoms with Crippen LogP contribution in [0.1, 0.15) is 34.6 Å². The zero-order chi connectivity index (χ0) is 29.4. The molecular weight excluding hydrogens is 557 g/mol. The molecule has 0 saturated carbocycles. The Morgan fingerprint density at radius 3 is 2.41 bits per heavy atom. The van der Waals surface area contributed by atoms with Crippen molar-refractivity contribution in [2.75, 3.05) is 5.32 Å². The minimum Gasteiger partial charge on any atom is -0.406 e. The zero-order valence-corrected chi connectivity index (χ0v) is 21.1. The molecule has 0 saturated heterocycles. The number of anilines is 1. The van der Waals surface area contributed by atoms with E-state index >= 15 is 0 Å². The van der Waals surface area contributed by atoms with Crippen LogP contribution in [0.15, 0.2) is 48.9 Å². The molecule has 2 amide bonds. The van der Waals surface area contributed by atoms with Gasteiger partial charge in [-0.25, -0.2) is 8.78 Å². The zero-order valence-electron chi connectivity index (χ0n) is 21.1. The quantitative estimate of drug-likeness (QED) is 0.193. The first-order valence-corrected chi connectivity index (χ1v) is 12.1. The van der Waals surface area contributed by atoms with Crippen molar-refractivity contribution >= 4 is 17.6 Å². The minimum atomic E-state index is -4.95. The summed E-state index contributed by atoms with van der Waals surface area (Å²) < 4.78 is 71.5. The number of benzene rings is 1. The van der Waals surface area contributed by atoms with E-state index in [0.29, 0.717) is 25.9 Å². The molecule has 0 aliphatic heterocycles. The van der Waals surface area contributed by atoms with Crippen LogP contribution in [0, 0.1) is 11.6 Å². The Morgan fingerprint density at radius 1 is 0.951 bits per heavy atom. The average molecular weight is 579 g/mol. The number of hydrogen-bond acceptors (Lipinski definition) is 8. The molecule has 0 fully saturated rings. The normalized spacial score (nSPS) is 11.3. The van der Waals surface area contributed by atoms with Gasteiger partial charge in [-0.1, -0.05) is 10.4 Å². The third-order valence-corrected chi connectivity index (χ3v) is 5.45. The molecule has 4 aromatic rings. The van der Waals surface area contributed by atoms with Crippen LogP contribution in [0.25, 0.3) is 0 Å². The third-order valence-electron chi connectivity index (χ3n) is 5.45. The second-order valence-corrected chi connectivity index (χ2v) is 8.58. The molecule has 2 N–H and O–H groups in total. The van der Waals surface area contributed by atoms with Gasteiger partial charge in [0.05, 0.1) is 31.1 Å². The van der Waals surface area contributed by atoms with Gasteiger partial charge in [0.1, 0.15) is 17.4 Å². The van der Waals surface area contributed by atoms with Gasteiger partial charge in [-0.3, -0.25) is 23.9 Å². The van der Waals surface area contributed by atoms with Crippen LogP contribution < -0.4 is 15.4 Å². The molecule has 0 aliphatic carbocycles. The van der Waals surface area contributed by atoms with Gasteiger partial charge in [0.2, 0.25) is 5.91 Å². The fourth-order valence-corrected chi connectivity index (χ4v) is 3.57. The van der Waals surface area contributed by atoms with Crippen LogP contribution in [0.4, 0.5) is 27.8 Å². The summed E-state index contributed by atoms with van der Waals surface area (Å²) >= 11 is 0.